The lowest BCUT2D eigenvalue weighted by atomic mass is 10.3. The first-order valence-corrected chi connectivity index (χ1v) is 7.49. The lowest BCUT2D eigenvalue weighted by Gasteiger charge is -2.05. The third-order valence-corrected chi connectivity index (χ3v) is 4.07. The number of ether oxygens (including phenoxy) is 1. The highest BCUT2D eigenvalue weighted by Crippen LogP contribution is 2.32. The minimum Gasteiger partial charge on any atom is -0.497 e. The summed E-state index contributed by atoms with van der Waals surface area (Å²) in [4.78, 5) is 10.6. The Kier molecular flexibility index (Phi) is 4.93. The van der Waals surface area contributed by atoms with E-state index in [-0.39, 0.29) is 17.2 Å². The number of nitrogens with zero attached hydrogens (tertiary/aromatic N) is 1. The molecule has 0 atom stereocenters. The van der Waals surface area contributed by atoms with Crippen LogP contribution in [-0.4, -0.2) is 32.0 Å². The van der Waals surface area contributed by atoms with Crippen LogP contribution < -0.4 is 9.88 Å². The van der Waals surface area contributed by atoms with Gasteiger partial charge in [0.05, 0.1) is 22.7 Å². The zero-order valence-electron chi connectivity index (χ0n) is 9.53. The Morgan fingerprint density at radius 2 is 2.17 bits per heavy atom. The highest BCUT2D eigenvalue weighted by Gasteiger charge is 2.15. The fourth-order valence-electron chi connectivity index (χ4n) is 1.16. The van der Waals surface area contributed by atoms with E-state index in [2.05, 4.69) is 0 Å². The second kappa shape index (κ2) is 6.03. The molecule has 0 aliphatic carbocycles. The van der Waals surface area contributed by atoms with Crippen molar-refractivity contribution in [1.82, 2.24) is 0 Å². The van der Waals surface area contributed by atoms with Gasteiger partial charge in [-0.25, -0.2) is 13.6 Å². The van der Waals surface area contributed by atoms with Crippen molar-refractivity contribution in [3.05, 3.63) is 28.3 Å². The molecule has 18 heavy (non-hydrogen) atoms. The molecular weight excluding hydrogens is 280 g/mol. The number of hydrogen-bond donors (Lipinski definition) is 1. The summed E-state index contributed by atoms with van der Waals surface area (Å²) in [7, 11) is -2.12. The molecule has 0 saturated carbocycles. The lowest BCUT2D eigenvalue weighted by Crippen LogP contribution is -2.17. The standard InChI is InChI=1S/C9H12N2O5S2/c1-16-7-2-3-8(11(12)13)9(6-7)17-4-5-18(10,14)15/h2-3,6H,4-5H2,1H3,(H2,10,14,15). The van der Waals surface area contributed by atoms with Crippen LogP contribution in [0.15, 0.2) is 23.1 Å². The molecule has 0 bridgehead atoms. The molecule has 9 heteroatoms. The van der Waals surface area contributed by atoms with Crippen LogP contribution in [0.1, 0.15) is 0 Å². The maximum absolute atomic E-state index is 10.8. The average Bonchev–Trinajstić information content (AvgIpc) is 2.26. The van der Waals surface area contributed by atoms with Gasteiger partial charge in [0.25, 0.3) is 5.69 Å². The maximum Gasteiger partial charge on any atom is 0.283 e. The molecule has 0 aliphatic heterocycles. The minimum absolute atomic E-state index is 0.0878. The zero-order chi connectivity index (χ0) is 13.8. The number of nitro groups is 1. The average molecular weight is 292 g/mol. The normalized spacial score (nSPS) is 11.2. The number of primary sulfonamides is 1. The first-order valence-electron chi connectivity index (χ1n) is 4.79. The maximum atomic E-state index is 10.8. The molecule has 0 amide bonds. The Morgan fingerprint density at radius 3 is 2.67 bits per heavy atom. The lowest BCUT2D eigenvalue weighted by molar-refractivity contribution is -0.387. The third-order valence-electron chi connectivity index (χ3n) is 1.99. The minimum atomic E-state index is -3.56. The van der Waals surface area contributed by atoms with E-state index in [4.69, 9.17) is 9.88 Å². The van der Waals surface area contributed by atoms with Gasteiger partial charge in [-0.15, -0.1) is 11.8 Å². The van der Waals surface area contributed by atoms with Crippen molar-refractivity contribution in [2.75, 3.05) is 18.6 Å². The number of hydrogen-bond acceptors (Lipinski definition) is 6. The van der Waals surface area contributed by atoms with Crippen molar-refractivity contribution < 1.29 is 18.1 Å². The van der Waals surface area contributed by atoms with Gasteiger partial charge in [-0.1, -0.05) is 0 Å². The quantitative estimate of drug-likeness (QED) is 0.475. The summed E-state index contributed by atoms with van der Waals surface area (Å²) in [6, 6.07) is 4.28. The highest BCUT2D eigenvalue weighted by atomic mass is 32.2. The van der Waals surface area contributed by atoms with Gasteiger partial charge in [-0.3, -0.25) is 10.1 Å². The van der Waals surface area contributed by atoms with Crippen LogP contribution in [0, 0.1) is 10.1 Å². The van der Waals surface area contributed by atoms with Gasteiger partial charge in [-0.2, -0.15) is 0 Å². The Hall–Kier alpha value is -1.32. The molecule has 0 fully saturated rings. The Bertz CT molecular complexity index is 544. The molecule has 7 nitrogen and oxygen atoms in total. The number of sulfonamides is 1. The predicted octanol–water partition coefficient (Wildman–Crippen LogP) is 0.984. The van der Waals surface area contributed by atoms with E-state index in [0.717, 1.165) is 11.8 Å². The van der Waals surface area contributed by atoms with Gasteiger partial charge in [0.1, 0.15) is 5.75 Å². The summed E-state index contributed by atoms with van der Waals surface area (Å²) < 4.78 is 26.5. The molecule has 0 spiro atoms. The molecule has 0 saturated heterocycles. The van der Waals surface area contributed by atoms with E-state index < -0.39 is 14.9 Å². The fraction of sp³-hybridized carbons (Fsp3) is 0.333. The third kappa shape index (κ3) is 4.51. The van der Waals surface area contributed by atoms with Crippen molar-refractivity contribution in [3.8, 4) is 5.75 Å². The van der Waals surface area contributed by atoms with Crippen LogP contribution in [0.3, 0.4) is 0 Å². The second-order valence-electron chi connectivity index (χ2n) is 3.31. The van der Waals surface area contributed by atoms with Crippen LogP contribution in [-0.2, 0) is 10.0 Å². The van der Waals surface area contributed by atoms with E-state index >= 15 is 0 Å². The van der Waals surface area contributed by atoms with Crippen molar-refractivity contribution in [3.63, 3.8) is 0 Å². The van der Waals surface area contributed by atoms with Crippen LogP contribution in [0.25, 0.3) is 0 Å². The Labute approximate surface area is 109 Å². The van der Waals surface area contributed by atoms with E-state index in [1.54, 1.807) is 0 Å². The summed E-state index contributed by atoms with van der Waals surface area (Å²) >= 11 is 1.05. The number of nitro benzene ring substituents is 1. The first kappa shape index (κ1) is 14.7. The predicted molar refractivity (Wildman–Crippen MR) is 68.3 cm³/mol. The van der Waals surface area contributed by atoms with Crippen LogP contribution in [0.4, 0.5) is 5.69 Å². The number of benzene rings is 1. The summed E-state index contributed by atoms with van der Waals surface area (Å²) in [5.74, 6) is 0.373. The van der Waals surface area contributed by atoms with E-state index in [1.165, 1.54) is 25.3 Å². The second-order valence-corrected chi connectivity index (χ2v) is 6.18. The fourth-order valence-corrected chi connectivity index (χ4v) is 3.13. The van der Waals surface area contributed by atoms with E-state index in [9.17, 15) is 18.5 Å². The van der Waals surface area contributed by atoms with Gasteiger partial charge in [0, 0.05) is 17.9 Å². The van der Waals surface area contributed by atoms with E-state index in [1.807, 2.05) is 0 Å². The van der Waals surface area contributed by atoms with Crippen LogP contribution in [0.5, 0.6) is 5.75 Å². The zero-order valence-corrected chi connectivity index (χ0v) is 11.2. The molecule has 0 radical (unpaired) electrons. The molecule has 0 heterocycles. The molecule has 1 aromatic rings. The molecule has 0 aliphatic rings. The summed E-state index contributed by atoms with van der Waals surface area (Å²) in [6.07, 6.45) is 0. The van der Waals surface area contributed by atoms with Crippen molar-refractivity contribution in [2.45, 2.75) is 4.90 Å². The number of rotatable bonds is 6. The summed E-state index contributed by atoms with van der Waals surface area (Å²) in [5.41, 5.74) is -0.0878. The number of thioether (sulfide) groups is 1. The van der Waals surface area contributed by atoms with Gasteiger partial charge in [0.15, 0.2) is 0 Å². The molecule has 2 N–H and O–H groups in total. The SMILES string of the molecule is COc1ccc([N+](=O)[O-])c(SCCS(N)(=O)=O)c1. The number of methoxy groups -OCH3 is 1. The van der Waals surface area contributed by atoms with Crippen molar-refractivity contribution >= 4 is 27.5 Å². The van der Waals surface area contributed by atoms with Gasteiger partial charge < -0.3 is 4.74 Å². The first-order chi connectivity index (χ1) is 8.33. The molecule has 1 rings (SSSR count). The molecule has 0 aromatic heterocycles. The van der Waals surface area contributed by atoms with E-state index in [0.29, 0.717) is 10.6 Å². The largest absolute Gasteiger partial charge is 0.497 e. The molecule has 100 valence electrons. The summed E-state index contributed by atoms with van der Waals surface area (Å²) in [5, 5.41) is 15.6. The molecular formula is C9H12N2O5S2. The van der Waals surface area contributed by atoms with Crippen LogP contribution >= 0.6 is 11.8 Å². The van der Waals surface area contributed by atoms with Crippen molar-refractivity contribution in [2.24, 2.45) is 5.14 Å². The van der Waals surface area contributed by atoms with Crippen LogP contribution in [0.2, 0.25) is 0 Å². The van der Waals surface area contributed by atoms with Crippen molar-refractivity contribution in [1.29, 1.82) is 0 Å². The van der Waals surface area contributed by atoms with Gasteiger partial charge in [-0.05, 0) is 6.07 Å². The molecule has 1 aromatic carbocycles. The van der Waals surface area contributed by atoms with Gasteiger partial charge >= 0.3 is 0 Å². The smallest absolute Gasteiger partial charge is 0.283 e. The topological polar surface area (TPSA) is 113 Å². The Morgan fingerprint density at radius 1 is 1.50 bits per heavy atom. The molecule has 0 unspecified atom stereocenters. The highest BCUT2D eigenvalue weighted by molar-refractivity contribution is 8.00. The number of nitrogens with two attached hydrogens (primary N) is 1. The Balaban J connectivity index is 2.87. The van der Waals surface area contributed by atoms with Gasteiger partial charge in [0.2, 0.25) is 10.0 Å². The summed E-state index contributed by atoms with van der Waals surface area (Å²) in [6.45, 7) is 0. The monoisotopic (exact) mass is 292 g/mol.